The van der Waals surface area contributed by atoms with Crippen molar-refractivity contribution in [1.29, 1.82) is 5.26 Å². The summed E-state index contributed by atoms with van der Waals surface area (Å²) in [6, 6.07) is 5.84. The van der Waals surface area contributed by atoms with Crippen molar-refractivity contribution in [2.75, 3.05) is 0 Å². The van der Waals surface area contributed by atoms with Crippen molar-refractivity contribution in [2.24, 2.45) is 0 Å². The Morgan fingerprint density at radius 2 is 2.33 bits per heavy atom. The zero-order chi connectivity index (χ0) is 11.3. The van der Waals surface area contributed by atoms with Gasteiger partial charge in [-0.2, -0.15) is 5.26 Å². The van der Waals surface area contributed by atoms with Crippen LogP contribution in [0.25, 0.3) is 6.08 Å². The van der Waals surface area contributed by atoms with Crippen LogP contribution in [-0.4, -0.2) is 11.1 Å². The molecule has 0 heterocycles. The molecule has 0 spiro atoms. The molecule has 1 aromatic rings. The van der Waals surface area contributed by atoms with Crippen LogP contribution in [0.5, 0.6) is 0 Å². The Bertz CT molecular complexity index is 446. The number of halogens is 1. The summed E-state index contributed by atoms with van der Waals surface area (Å²) in [5, 5.41) is 16.9. The lowest BCUT2D eigenvalue weighted by molar-refractivity contribution is -0.131. The number of benzene rings is 1. The molecule has 0 radical (unpaired) electrons. The van der Waals surface area contributed by atoms with Gasteiger partial charge in [-0.1, -0.05) is 6.07 Å². The van der Waals surface area contributed by atoms with Crippen LogP contribution in [0.1, 0.15) is 11.1 Å². The highest BCUT2D eigenvalue weighted by atomic mass is 19.1. The Hall–Kier alpha value is -2.15. The summed E-state index contributed by atoms with van der Waals surface area (Å²) < 4.78 is 12.8. The summed E-state index contributed by atoms with van der Waals surface area (Å²) in [6.45, 7) is 0. The van der Waals surface area contributed by atoms with E-state index in [2.05, 4.69) is 0 Å². The van der Waals surface area contributed by atoms with Crippen molar-refractivity contribution in [1.82, 2.24) is 0 Å². The zero-order valence-corrected chi connectivity index (χ0v) is 7.77. The summed E-state index contributed by atoms with van der Waals surface area (Å²) in [7, 11) is 0. The largest absolute Gasteiger partial charge is 0.478 e. The molecule has 0 saturated heterocycles. The van der Waals surface area contributed by atoms with Crippen molar-refractivity contribution in [2.45, 2.75) is 6.42 Å². The lowest BCUT2D eigenvalue weighted by Crippen LogP contribution is -1.91. The first-order valence-corrected chi connectivity index (χ1v) is 4.20. The van der Waals surface area contributed by atoms with Gasteiger partial charge in [0.1, 0.15) is 5.82 Å². The molecule has 0 aliphatic heterocycles. The van der Waals surface area contributed by atoms with Crippen LogP contribution in [-0.2, 0) is 11.2 Å². The van der Waals surface area contributed by atoms with E-state index < -0.39 is 11.8 Å². The Balaban J connectivity index is 3.08. The maximum Gasteiger partial charge on any atom is 0.328 e. The van der Waals surface area contributed by atoms with E-state index in [0.29, 0.717) is 11.1 Å². The molecule has 0 aliphatic rings. The van der Waals surface area contributed by atoms with Crippen LogP contribution < -0.4 is 0 Å². The lowest BCUT2D eigenvalue weighted by Gasteiger charge is -2.01. The van der Waals surface area contributed by atoms with E-state index in [4.69, 9.17) is 10.4 Å². The zero-order valence-electron chi connectivity index (χ0n) is 7.77. The molecule has 1 rings (SSSR count). The summed E-state index contributed by atoms with van der Waals surface area (Å²) in [6.07, 6.45) is 2.31. The molecule has 3 nitrogen and oxygen atoms in total. The first-order valence-electron chi connectivity index (χ1n) is 4.20. The van der Waals surface area contributed by atoms with Crippen molar-refractivity contribution in [3.8, 4) is 6.07 Å². The lowest BCUT2D eigenvalue weighted by atomic mass is 10.0. The SMILES string of the molecule is N#CCc1ccc(F)cc1C=CC(=O)O. The number of hydrogen-bond donors (Lipinski definition) is 1. The topological polar surface area (TPSA) is 61.1 Å². The fraction of sp³-hybridized carbons (Fsp3) is 0.0909. The monoisotopic (exact) mass is 205 g/mol. The van der Waals surface area contributed by atoms with Crippen LogP contribution >= 0.6 is 0 Å². The van der Waals surface area contributed by atoms with E-state index >= 15 is 0 Å². The number of nitriles is 1. The van der Waals surface area contributed by atoms with Gasteiger partial charge in [-0.15, -0.1) is 0 Å². The molecule has 1 aromatic carbocycles. The van der Waals surface area contributed by atoms with Gasteiger partial charge in [0.25, 0.3) is 0 Å². The second-order valence-corrected chi connectivity index (χ2v) is 2.85. The number of nitrogens with zero attached hydrogens (tertiary/aromatic N) is 1. The summed E-state index contributed by atoms with van der Waals surface area (Å²) in [5.74, 6) is -1.57. The fourth-order valence-electron chi connectivity index (χ4n) is 1.13. The number of hydrogen-bond acceptors (Lipinski definition) is 2. The highest BCUT2D eigenvalue weighted by molar-refractivity contribution is 5.85. The van der Waals surface area contributed by atoms with E-state index in [1.54, 1.807) is 0 Å². The molecular formula is C11H8FNO2. The molecule has 0 aromatic heterocycles. The van der Waals surface area contributed by atoms with Crippen LogP contribution in [0.2, 0.25) is 0 Å². The smallest absolute Gasteiger partial charge is 0.328 e. The third-order valence-corrected chi connectivity index (χ3v) is 1.78. The Morgan fingerprint density at radius 3 is 2.93 bits per heavy atom. The van der Waals surface area contributed by atoms with Crippen LogP contribution in [0.3, 0.4) is 0 Å². The molecule has 1 N–H and O–H groups in total. The average Bonchev–Trinajstić information content (AvgIpc) is 2.18. The first-order chi connectivity index (χ1) is 7.13. The Morgan fingerprint density at radius 1 is 1.60 bits per heavy atom. The molecule has 0 unspecified atom stereocenters. The number of carboxylic acids is 1. The normalized spacial score (nSPS) is 10.1. The van der Waals surface area contributed by atoms with Gasteiger partial charge in [-0.25, -0.2) is 9.18 Å². The number of aliphatic carboxylic acids is 1. The first kappa shape index (κ1) is 10.9. The summed E-state index contributed by atoms with van der Waals surface area (Å²) in [5.41, 5.74) is 1.02. The highest BCUT2D eigenvalue weighted by Crippen LogP contribution is 2.13. The van der Waals surface area contributed by atoms with E-state index in [0.717, 1.165) is 6.08 Å². The molecule has 0 amide bonds. The minimum absolute atomic E-state index is 0.125. The Kier molecular flexibility index (Phi) is 3.58. The van der Waals surface area contributed by atoms with Crippen molar-refractivity contribution in [3.05, 3.63) is 41.2 Å². The van der Waals surface area contributed by atoms with E-state index in [-0.39, 0.29) is 6.42 Å². The third-order valence-electron chi connectivity index (χ3n) is 1.78. The summed E-state index contributed by atoms with van der Waals surface area (Å²) >= 11 is 0. The van der Waals surface area contributed by atoms with Gasteiger partial charge in [-0.05, 0) is 29.3 Å². The third kappa shape index (κ3) is 3.24. The van der Waals surface area contributed by atoms with Gasteiger partial charge in [-0.3, -0.25) is 0 Å². The van der Waals surface area contributed by atoms with E-state index in [9.17, 15) is 9.18 Å². The molecule has 4 heteroatoms. The minimum atomic E-state index is -1.11. The van der Waals surface area contributed by atoms with Crippen LogP contribution in [0.4, 0.5) is 4.39 Å². The standard InChI is InChI=1S/C11H8FNO2/c12-10-3-1-8(5-6-13)9(7-10)2-4-11(14)15/h1-4,7H,5H2,(H,14,15). The molecule has 0 saturated carbocycles. The van der Waals surface area contributed by atoms with Gasteiger partial charge in [0.05, 0.1) is 12.5 Å². The molecule has 15 heavy (non-hydrogen) atoms. The second-order valence-electron chi connectivity index (χ2n) is 2.85. The molecular weight excluding hydrogens is 197 g/mol. The summed E-state index contributed by atoms with van der Waals surface area (Å²) in [4.78, 5) is 10.3. The molecule has 0 fully saturated rings. The predicted octanol–water partition coefficient (Wildman–Crippen LogP) is 1.99. The Labute approximate surface area is 86.1 Å². The van der Waals surface area contributed by atoms with Gasteiger partial charge in [0, 0.05) is 6.08 Å². The number of carbonyl (C=O) groups is 1. The van der Waals surface area contributed by atoms with Gasteiger partial charge >= 0.3 is 5.97 Å². The maximum absolute atomic E-state index is 12.8. The number of rotatable bonds is 3. The van der Waals surface area contributed by atoms with Crippen LogP contribution in [0, 0.1) is 17.1 Å². The second kappa shape index (κ2) is 4.91. The fourth-order valence-corrected chi connectivity index (χ4v) is 1.13. The van der Waals surface area contributed by atoms with Crippen molar-refractivity contribution in [3.63, 3.8) is 0 Å². The van der Waals surface area contributed by atoms with Gasteiger partial charge in [0.2, 0.25) is 0 Å². The van der Waals surface area contributed by atoms with Crippen molar-refractivity contribution >= 4 is 12.0 Å². The number of carboxylic acid groups (broad SMARTS) is 1. The predicted molar refractivity (Wildman–Crippen MR) is 52.4 cm³/mol. The molecule has 76 valence electrons. The van der Waals surface area contributed by atoms with Gasteiger partial charge in [0.15, 0.2) is 0 Å². The average molecular weight is 205 g/mol. The van der Waals surface area contributed by atoms with E-state index in [1.165, 1.54) is 24.3 Å². The molecule has 0 atom stereocenters. The highest BCUT2D eigenvalue weighted by Gasteiger charge is 2.01. The molecule has 0 aliphatic carbocycles. The van der Waals surface area contributed by atoms with Gasteiger partial charge < -0.3 is 5.11 Å². The minimum Gasteiger partial charge on any atom is -0.478 e. The van der Waals surface area contributed by atoms with E-state index in [1.807, 2.05) is 6.07 Å². The molecule has 0 bridgehead atoms. The van der Waals surface area contributed by atoms with Crippen LogP contribution in [0.15, 0.2) is 24.3 Å². The van der Waals surface area contributed by atoms with Crippen molar-refractivity contribution < 1.29 is 14.3 Å². The quantitative estimate of drug-likeness (QED) is 0.767. The maximum atomic E-state index is 12.8.